The summed E-state index contributed by atoms with van der Waals surface area (Å²) >= 11 is 1.64. The molecule has 0 radical (unpaired) electrons. The lowest BCUT2D eigenvalue weighted by molar-refractivity contribution is 0.459. The second-order valence-electron chi connectivity index (χ2n) is 3.59. The Bertz CT molecular complexity index is 444. The SMILES string of the molecule is FCCCNCc1cnc(-c2cccnc2)s1. The van der Waals surface area contributed by atoms with Gasteiger partial charge in [0.2, 0.25) is 0 Å². The summed E-state index contributed by atoms with van der Waals surface area (Å²) in [4.78, 5) is 9.57. The van der Waals surface area contributed by atoms with Crippen molar-refractivity contribution < 1.29 is 4.39 Å². The summed E-state index contributed by atoms with van der Waals surface area (Å²) in [6.07, 6.45) is 5.97. The standard InChI is InChI=1S/C12H14FN3S/c13-4-2-6-15-8-11-9-16-12(17-11)10-3-1-5-14-7-10/h1,3,5,7,9,15H,2,4,6,8H2. The van der Waals surface area contributed by atoms with Gasteiger partial charge in [0.25, 0.3) is 0 Å². The van der Waals surface area contributed by atoms with Gasteiger partial charge in [-0.25, -0.2) is 4.98 Å². The lowest BCUT2D eigenvalue weighted by Crippen LogP contribution is -2.14. The molecule has 0 atom stereocenters. The molecule has 0 aromatic carbocycles. The van der Waals surface area contributed by atoms with Crippen LogP contribution in [0, 0.1) is 0 Å². The number of nitrogens with zero attached hydrogens (tertiary/aromatic N) is 2. The van der Waals surface area contributed by atoms with Crippen molar-refractivity contribution in [3.05, 3.63) is 35.6 Å². The van der Waals surface area contributed by atoms with Gasteiger partial charge in [-0.05, 0) is 25.1 Å². The number of nitrogens with one attached hydrogen (secondary N) is 1. The Morgan fingerprint density at radius 1 is 1.35 bits per heavy atom. The second kappa shape index (κ2) is 6.42. The first-order valence-electron chi connectivity index (χ1n) is 5.52. The summed E-state index contributed by atoms with van der Waals surface area (Å²) in [5, 5.41) is 4.15. The molecule has 90 valence electrons. The van der Waals surface area contributed by atoms with Gasteiger partial charge >= 0.3 is 0 Å². The van der Waals surface area contributed by atoms with Gasteiger partial charge < -0.3 is 5.32 Å². The highest BCUT2D eigenvalue weighted by molar-refractivity contribution is 7.15. The number of alkyl halides is 1. The number of halogens is 1. The van der Waals surface area contributed by atoms with Crippen molar-refractivity contribution in [2.45, 2.75) is 13.0 Å². The van der Waals surface area contributed by atoms with Gasteiger partial charge in [-0.2, -0.15) is 0 Å². The van der Waals surface area contributed by atoms with Gasteiger partial charge in [0, 0.05) is 35.6 Å². The highest BCUT2D eigenvalue weighted by Gasteiger charge is 2.03. The van der Waals surface area contributed by atoms with Gasteiger partial charge in [0.1, 0.15) is 5.01 Å². The fourth-order valence-corrected chi connectivity index (χ4v) is 2.29. The predicted octanol–water partition coefficient (Wildman–Crippen LogP) is 2.65. The highest BCUT2D eigenvalue weighted by Crippen LogP contribution is 2.23. The Kier molecular flexibility index (Phi) is 4.58. The Morgan fingerprint density at radius 3 is 3.06 bits per heavy atom. The van der Waals surface area contributed by atoms with Gasteiger partial charge in [-0.3, -0.25) is 9.37 Å². The maximum atomic E-state index is 11.9. The summed E-state index contributed by atoms with van der Waals surface area (Å²) in [5.41, 5.74) is 1.03. The average Bonchev–Trinajstić information content (AvgIpc) is 2.85. The minimum atomic E-state index is -0.267. The minimum Gasteiger partial charge on any atom is -0.312 e. The van der Waals surface area contributed by atoms with Crippen LogP contribution in [0.1, 0.15) is 11.3 Å². The molecule has 0 bridgehead atoms. The third kappa shape index (κ3) is 3.57. The van der Waals surface area contributed by atoms with Crippen LogP contribution < -0.4 is 5.32 Å². The van der Waals surface area contributed by atoms with Crippen LogP contribution in [-0.4, -0.2) is 23.2 Å². The third-order valence-electron chi connectivity index (χ3n) is 2.25. The van der Waals surface area contributed by atoms with Crippen molar-refractivity contribution in [1.29, 1.82) is 0 Å². The molecule has 2 rings (SSSR count). The molecule has 0 aliphatic carbocycles. The molecule has 3 nitrogen and oxygen atoms in total. The molecule has 2 aromatic rings. The number of thiazole rings is 1. The Balaban J connectivity index is 1.92. The molecular weight excluding hydrogens is 237 g/mol. The van der Waals surface area contributed by atoms with E-state index in [4.69, 9.17) is 0 Å². The number of rotatable bonds is 6. The van der Waals surface area contributed by atoms with E-state index < -0.39 is 0 Å². The minimum absolute atomic E-state index is 0.267. The van der Waals surface area contributed by atoms with Gasteiger partial charge in [-0.1, -0.05) is 0 Å². The zero-order chi connectivity index (χ0) is 11.9. The van der Waals surface area contributed by atoms with E-state index in [-0.39, 0.29) is 6.67 Å². The Morgan fingerprint density at radius 2 is 2.29 bits per heavy atom. The van der Waals surface area contributed by atoms with Crippen molar-refractivity contribution >= 4 is 11.3 Å². The Hall–Kier alpha value is -1.33. The van der Waals surface area contributed by atoms with Gasteiger partial charge in [0.05, 0.1) is 6.67 Å². The van der Waals surface area contributed by atoms with Crippen LogP contribution in [0.25, 0.3) is 10.6 Å². The van der Waals surface area contributed by atoms with Gasteiger partial charge in [0.15, 0.2) is 0 Å². The van der Waals surface area contributed by atoms with E-state index in [0.29, 0.717) is 13.0 Å². The van der Waals surface area contributed by atoms with E-state index in [2.05, 4.69) is 15.3 Å². The monoisotopic (exact) mass is 251 g/mol. The van der Waals surface area contributed by atoms with Crippen LogP contribution >= 0.6 is 11.3 Å². The van der Waals surface area contributed by atoms with Crippen LogP contribution in [0.3, 0.4) is 0 Å². The zero-order valence-corrected chi connectivity index (χ0v) is 10.2. The van der Waals surface area contributed by atoms with E-state index >= 15 is 0 Å². The number of pyridine rings is 1. The normalized spacial score (nSPS) is 10.6. The maximum absolute atomic E-state index is 11.9. The van der Waals surface area contributed by atoms with Crippen LogP contribution in [0.2, 0.25) is 0 Å². The molecule has 0 unspecified atom stereocenters. The molecular formula is C12H14FN3S. The van der Waals surface area contributed by atoms with Crippen LogP contribution in [0.4, 0.5) is 4.39 Å². The van der Waals surface area contributed by atoms with Crippen molar-refractivity contribution in [3.8, 4) is 10.6 Å². The summed E-state index contributed by atoms with van der Waals surface area (Å²) in [6.45, 7) is 1.19. The fraction of sp³-hybridized carbons (Fsp3) is 0.333. The lowest BCUT2D eigenvalue weighted by atomic mass is 10.3. The first-order chi connectivity index (χ1) is 8.40. The number of hydrogen-bond acceptors (Lipinski definition) is 4. The molecule has 0 saturated heterocycles. The van der Waals surface area contributed by atoms with E-state index in [1.54, 1.807) is 23.7 Å². The van der Waals surface area contributed by atoms with E-state index in [1.807, 2.05) is 18.3 Å². The molecule has 0 saturated carbocycles. The molecule has 2 heterocycles. The molecule has 2 aromatic heterocycles. The molecule has 0 aliphatic heterocycles. The van der Waals surface area contributed by atoms with E-state index in [1.165, 1.54) is 0 Å². The third-order valence-corrected chi connectivity index (χ3v) is 3.29. The van der Waals surface area contributed by atoms with E-state index in [0.717, 1.165) is 22.0 Å². The van der Waals surface area contributed by atoms with Crippen LogP contribution in [-0.2, 0) is 6.54 Å². The first kappa shape index (κ1) is 12.1. The average molecular weight is 251 g/mol. The lowest BCUT2D eigenvalue weighted by Gasteiger charge is -1.98. The summed E-state index contributed by atoms with van der Waals surface area (Å²) in [5.74, 6) is 0. The molecule has 5 heteroatoms. The maximum Gasteiger partial charge on any atom is 0.125 e. The summed E-state index contributed by atoms with van der Waals surface area (Å²) < 4.78 is 11.9. The van der Waals surface area contributed by atoms with Crippen molar-refractivity contribution in [2.24, 2.45) is 0 Å². The molecule has 0 amide bonds. The summed E-state index contributed by atoms with van der Waals surface area (Å²) in [7, 11) is 0. The zero-order valence-electron chi connectivity index (χ0n) is 9.40. The molecule has 1 N–H and O–H groups in total. The predicted molar refractivity (Wildman–Crippen MR) is 67.6 cm³/mol. The van der Waals surface area contributed by atoms with Crippen molar-refractivity contribution in [1.82, 2.24) is 15.3 Å². The molecule has 0 fully saturated rings. The Labute approximate surface area is 104 Å². The fourth-order valence-electron chi connectivity index (χ4n) is 1.42. The topological polar surface area (TPSA) is 37.8 Å². The number of aromatic nitrogens is 2. The second-order valence-corrected chi connectivity index (χ2v) is 4.71. The smallest absolute Gasteiger partial charge is 0.125 e. The van der Waals surface area contributed by atoms with Gasteiger partial charge in [-0.15, -0.1) is 11.3 Å². The van der Waals surface area contributed by atoms with Crippen LogP contribution in [0.15, 0.2) is 30.7 Å². The molecule has 0 spiro atoms. The molecule has 17 heavy (non-hydrogen) atoms. The quantitative estimate of drug-likeness (QED) is 0.802. The van der Waals surface area contributed by atoms with Crippen LogP contribution in [0.5, 0.6) is 0 Å². The van der Waals surface area contributed by atoms with Crippen molar-refractivity contribution in [3.63, 3.8) is 0 Å². The first-order valence-corrected chi connectivity index (χ1v) is 6.33. The largest absolute Gasteiger partial charge is 0.312 e. The van der Waals surface area contributed by atoms with Crippen molar-refractivity contribution in [2.75, 3.05) is 13.2 Å². The van der Waals surface area contributed by atoms with E-state index in [9.17, 15) is 4.39 Å². The summed E-state index contributed by atoms with van der Waals surface area (Å²) in [6, 6.07) is 3.89. The number of hydrogen-bond donors (Lipinski definition) is 1. The molecule has 0 aliphatic rings. The highest BCUT2D eigenvalue weighted by atomic mass is 32.1.